The third kappa shape index (κ3) is 3.43. The zero-order valence-electron chi connectivity index (χ0n) is 9.71. The van der Waals surface area contributed by atoms with Crippen molar-refractivity contribution in [3.63, 3.8) is 0 Å². The van der Waals surface area contributed by atoms with Crippen LogP contribution < -0.4 is 10.6 Å². The van der Waals surface area contributed by atoms with Crippen LogP contribution in [0.2, 0.25) is 0 Å². The van der Waals surface area contributed by atoms with Crippen LogP contribution in [0.15, 0.2) is 0 Å². The lowest BCUT2D eigenvalue weighted by Crippen LogP contribution is -2.48. The van der Waals surface area contributed by atoms with E-state index in [1.54, 1.807) is 0 Å². The van der Waals surface area contributed by atoms with Gasteiger partial charge in [-0.3, -0.25) is 4.79 Å². The molecular formula is C11H21N3O2. The molecule has 5 nitrogen and oxygen atoms in total. The van der Waals surface area contributed by atoms with Gasteiger partial charge in [-0.1, -0.05) is 0 Å². The number of likely N-dealkylation sites (tertiary alicyclic amines) is 1. The molecule has 92 valence electrons. The lowest BCUT2D eigenvalue weighted by molar-refractivity contribution is -0.134. The zero-order valence-corrected chi connectivity index (χ0v) is 9.71. The van der Waals surface area contributed by atoms with Crippen LogP contribution in [0.25, 0.3) is 0 Å². The summed E-state index contributed by atoms with van der Waals surface area (Å²) >= 11 is 0. The SMILES string of the molecule is O=C(NCCN1CCCC1)C1CNCCO1. The standard InChI is InChI=1S/C11H21N3O2/c15-11(10-9-12-4-8-16-10)13-3-7-14-5-1-2-6-14/h10,12H,1-9H2,(H,13,15). The second-order valence-electron chi connectivity index (χ2n) is 4.40. The van der Waals surface area contributed by atoms with Crippen LogP contribution >= 0.6 is 0 Å². The van der Waals surface area contributed by atoms with Crippen molar-refractivity contribution in [2.45, 2.75) is 18.9 Å². The lowest BCUT2D eigenvalue weighted by atomic mass is 10.3. The number of morpholine rings is 1. The fourth-order valence-electron chi connectivity index (χ4n) is 2.19. The predicted octanol–water partition coefficient (Wildman–Crippen LogP) is -0.813. The summed E-state index contributed by atoms with van der Waals surface area (Å²) in [6.07, 6.45) is 2.29. The summed E-state index contributed by atoms with van der Waals surface area (Å²) < 4.78 is 5.37. The maximum Gasteiger partial charge on any atom is 0.250 e. The van der Waals surface area contributed by atoms with Gasteiger partial charge in [-0.2, -0.15) is 0 Å². The molecule has 2 saturated heterocycles. The van der Waals surface area contributed by atoms with Gasteiger partial charge in [0.05, 0.1) is 6.61 Å². The van der Waals surface area contributed by atoms with Crippen LogP contribution in [0.3, 0.4) is 0 Å². The molecule has 5 heteroatoms. The van der Waals surface area contributed by atoms with Gasteiger partial charge in [0.2, 0.25) is 0 Å². The number of ether oxygens (including phenoxy) is 1. The van der Waals surface area contributed by atoms with Crippen molar-refractivity contribution in [2.75, 3.05) is 45.9 Å². The third-order valence-electron chi connectivity index (χ3n) is 3.15. The molecule has 0 aromatic rings. The van der Waals surface area contributed by atoms with E-state index in [1.807, 2.05) is 0 Å². The summed E-state index contributed by atoms with van der Waals surface area (Å²) in [5.41, 5.74) is 0. The van der Waals surface area contributed by atoms with Crippen LogP contribution in [0.4, 0.5) is 0 Å². The van der Waals surface area contributed by atoms with Crippen molar-refractivity contribution < 1.29 is 9.53 Å². The van der Waals surface area contributed by atoms with Gasteiger partial charge in [-0.15, -0.1) is 0 Å². The van der Waals surface area contributed by atoms with E-state index in [9.17, 15) is 4.79 Å². The molecule has 2 heterocycles. The number of carbonyl (C=O) groups excluding carboxylic acids is 1. The van der Waals surface area contributed by atoms with Crippen LogP contribution in [0.5, 0.6) is 0 Å². The van der Waals surface area contributed by atoms with Crippen LogP contribution in [0, 0.1) is 0 Å². The van der Waals surface area contributed by atoms with Crippen molar-refractivity contribution in [2.24, 2.45) is 0 Å². The van der Waals surface area contributed by atoms with E-state index in [0.29, 0.717) is 13.2 Å². The fraction of sp³-hybridized carbons (Fsp3) is 0.909. The van der Waals surface area contributed by atoms with Crippen LogP contribution in [-0.4, -0.2) is 62.8 Å². The first kappa shape index (κ1) is 11.8. The summed E-state index contributed by atoms with van der Waals surface area (Å²) in [5.74, 6) is 0.0198. The summed E-state index contributed by atoms with van der Waals surface area (Å²) in [6.45, 7) is 6.16. The topological polar surface area (TPSA) is 53.6 Å². The van der Waals surface area contributed by atoms with E-state index in [-0.39, 0.29) is 12.0 Å². The van der Waals surface area contributed by atoms with Crippen molar-refractivity contribution in [3.05, 3.63) is 0 Å². The van der Waals surface area contributed by atoms with E-state index in [2.05, 4.69) is 15.5 Å². The van der Waals surface area contributed by atoms with Crippen LogP contribution in [-0.2, 0) is 9.53 Å². The molecule has 0 aromatic carbocycles. The number of nitrogens with one attached hydrogen (secondary N) is 2. The van der Waals surface area contributed by atoms with E-state index in [4.69, 9.17) is 4.74 Å². The zero-order chi connectivity index (χ0) is 11.2. The molecule has 0 spiro atoms. The Bertz CT molecular complexity index is 223. The highest BCUT2D eigenvalue weighted by atomic mass is 16.5. The Morgan fingerprint density at radius 1 is 1.44 bits per heavy atom. The Hall–Kier alpha value is -0.650. The van der Waals surface area contributed by atoms with Crippen molar-refractivity contribution >= 4 is 5.91 Å². The van der Waals surface area contributed by atoms with Gasteiger partial charge in [0.1, 0.15) is 6.10 Å². The summed E-state index contributed by atoms with van der Waals surface area (Å²) in [7, 11) is 0. The Morgan fingerprint density at radius 3 is 2.94 bits per heavy atom. The third-order valence-corrected chi connectivity index (χ3v) is 3.15. The van der Waals surface area contributed by atoms with Gasteiger partial charge >= 0.3 is 0 Å². The molecule has 1 amide bonds. The molecule has 2 fully saturated rings. The quantitative estimate of drug-likeness (QED) is 0.659. The first-order chi connectivity index (χ1) is 7.86. The molecule has 2 rings (SSSR count). The summed E-state index contributed by atoms with van der Waals surface area (Å²) in [4.78, 5) is 14.1. The minimum atomic E-state index is -0.299. The molecule has 1 atom stereocenters. The normalized spacial score (nSPS) is 26.9. The van der Waals surface area contributed by atoms with Crippen LogP contribution in [0.1, 0.15) is 12.8 Å². The molecule has 0 saturated carbocycles. The predicted molar refractivity (Wildman–Crippen MR) is 61.3 cm³/mol. The number of amides is 1. The van der Waals surface area contributed by atoms with Crippen molar-refractivity contribution in [1.82, 2.24) is 15.5 Å². The second-order valence-corrected chi connectivity index (χ2v) is 4.40. The van der Waals surface area contributed by atoms with E-state index in [0.717, 1.165) is 19.6 Å². The highest BCUT2D eigenvalue weighted by Gasteiger charge is 2.21. The number of rotatable bonds is 4. The van der Waals surface area contributed by atoms with Gasteiger partial charge in [0, 0.05) is 26.2 Å². The lowest BCUT2D eigenvalue weighted by Gasteiger charge is -2.23. The number of hydrogen-bond donors (Lipinski definition) is 2. The Balaban J connectivity index is 1.59. The highest BCUT2D eigenvalue weighted by molar-refractivity contribution is 5.81. The first-order valence-corrected chi connectivity index (χ1v) is 6.18. The van der Waals surface area contributed by atoms with E-state index >= 15 is 0 Å². The Kier molecular flexibility index (Phi) is 4.56. The maximum atomic E-state index is 11.7. The molecule has 1 unspecified atom stereocenters. The molecule has 0 radical (unpaired) electrons. The minimum Gasteiger partial charge on any atom is -0.366 e. The summed E-state index contributed by atoms with van der Waals surface area (Å²) in [5, 5.41) is 6.08. The Morgan fingerprint density at radius 2 is 2.25 bits per heavy atom. The minimum absolute atomic E-state index is 0.0198. The van der Waals surface area contributed by atoms with Gasteiger partial charge in [0.25, 0.3) is 5.91 Å². The van der Waals surface area contributed by atoms with E-state index in [1.165, 1.54) is 25.9 Å². The van der Waals surface area contributed by atoms with Gasteiger partial charge in [-0.25, -0.2) is 0 Å². The molecule has 0 aromatic heterocycles. The van der Waals surface area contributed by atoms with Crippen molar-refractivity contribution in [1.29, 1.82) is 0 Å². The molecule has 16 heavy (non-hydrogen) atoms. The highest BCUT2D eigenvalue weighted by Crippen LogP contribution is 2.05. The fourth-order valence-corrected chi connectivity index (χ4v) is 2.19. The second kappa shape index (κ2) is 6.18. The molecule has 0 aliphatic carbocycles. The molecule has 0 bridgehead atoms. The number of nitrogens with zero attached hydrogens (tertiary/aromatic N) is 1. The van der Waals surface area contributed by atoms with Gasteiger partial charge in [-0.05, 0) is 25.9 Å². The summed E-state index contributed by atoms with van der Waals surface area (Å²) in [6, 6.07) is 0. The molecule has 2 aliphatic heterocycles. The average molecular weight is 227 g/mol. The van der Waals surface area contributed by atoms with Gasteiger partial charge in [0.15, 0.2) is 0 Å². The molecule has 2 N–H and O–H groups in total. The number of carbonyl (C=O) groups is 1. The van der Waals surface area contributed by atoms with Gasteiger partial charge < -0.3 is 20.3 Å². The average Bonchev–Trinajstić information content (AvgIpc) is 2.83. The first-order valence-electron chi connectivity index (χ1n) is 6.18. The smallest absolute Gasteiger partial charge is 0.250 e. The monoisotopic (exact) mass is 227 g/mol. The largest absolute Gasteiger partial charge is 0.366 e. The molecular weight excluding hydrogens is 206 g/mol. The Labute approximate surface area is 96.5 Å². The molecule has 2 aliphatic rings. The number of hydrogen-bond acceptors (Lipinski definition) is 4. The van der Waals surface area contributed by atoms with Crippen molar-refractivity contribution in [3.8, 4) is 0 Å². The van der Waals surface area contributed by atoms with E-state index < -0.39 is 0 Å². The maximum absolute atomic E-state index is 11.7.